The quantitative estimate of drug-likeness (QED) is 0.770. The number of halogens is 1. The van der Waals surface area contributed by atoms with Gasteiger partial charge in [0.1, 0.15) is 12.1 Å². The molecule has 0 radical (unpaired) electrons. The standard InChI is InChI=1S/C17H20BrN3O3/c1-17(11-5-4-6-12(18)9-11)15(23)21(16(24)20-17)10-14(22)19-13-7-2-3-8-13/h4-6,9,13H,2-3,7-8,10H2,1H3,(H,19,22)(H,20,24). The fourth-order valence-corrected chi connectivity index (χ4v) is 3.72. The smallest absolute Gasteiger partial charge is 0.325 e. The van der Waals surface area contributed by atoms with E-state index < -0.39 is 17.5 Å². The summed E-state index contributed by atoms with van der Waals surface area (Å²) in [6.07, 6.45) is 4.13. The van der Waals surface area contributed by atoms with Crippen molar-refractivity contribution < 1.29 is 14.4 Å². The number of nitrogens with one attached hydrogen (secondary N) is 2. The van der Waals surface area contributed by atoms with E-state index in [-0.39, 0.29) is 18.5 Å². The van der Waals surface area contributed by atoms with Gasteiger partial charge in [-0.15, -0.1) is 0 Å². The summed E-state index contributed by atoms with van der Waals surface area (Å²) in [7, 11) is 0. The summed E-state index contributed by atoms with van der Waals surface area (Å²) >= 11 is 3.37. The van der Waals surface area contributed by atoms with Crippen molar-refractivity contribution >= 4 is 33.8 Å². The Morgan fingerprint density at radius 2 is 2.08 bits per heavy atom. The molecule has 1 saturated heterocycles. The molecule has 2 N–H and O–H groups in total. The van der Waals surface area contributed by atoms with Crippen LogP contribution in [0.3, 0.4) is 0 Å². The lowest BCUT2D eigenvalue weighted by atomic mass is 9.92. The fourth-order valence-electron chi connectivity index (χ4n) is 3.32. The molecule has 0 aromatic heterocycles. The first-order valence-electron chi connectivity index (χ1n) is 8.09. The van der Waals surface area contributed by atoms with Gasteiger partial charge in [-0.25, -0.2) is 4.79 Å². The van der Waals surface area contributed by atoms with Crippen molar-refractivity contribution in [3.05, 3.63) is 34.3 Å². The summed E-state index contributed by atoms with van der Waals surface area (Å²) in [6, 6.07) is 6.85. The summed E-state index contributed by atoms with van der Waals surface area (Å²) < 4.78 is 0.820. The molecule has 0 spiro atoms. The van der Waals surface area contributed by atoms with Gasteiger partial charge in [-0.05, 0) is 37.5 Å². The summed E-state index contributed by atoms with van der Waals surface area (Å²) in [6.45, 7) is 1.41. The second-order valence-electron chi connectivity index (χ2n) is 6.51. The van der Waals surface area contributed by atoms with Gasteiger partial charge in [0, 0.05) is 10.5 Å². The Hall–Kier alpha value is -1.89. The van der Waals surface area contributed by atoms with Crippen molar-refractivity contribution in [2.45, 2.75) is 44.2 Å². The highest BCUT2D eigenvalue weighted by Gasteiger charge is 2.49. The summed E-state index contributed by atoms with van der Waals surface area (Å²) in [4.78, 5) is 38.1. The van der Waals surface area contributed by atoms with Gasteiger partial charge in [-0.3, -0.25) is 14.5 Å². The van der Waals surface area contributed by atoms with Crippen LogP contribution in [0, 0.1) is 0 Å². The first kappa shape index (κ1) is 17.0. The second-order valence-corrected chi connectivity index (χ2v) is 7.42. The van der Waals surface area contributed by atoms with Crippen molar-refractivity contribution in [2.24, 2.45) is 0 Å². The van der Waals surface area contributed by atoms with Gasteiger partial charge in [-0.1, -0.05) is 40.9 Å². The lowest BCUT2D eigenvalue weighted by Gasteiger charge is -2.22. The zero-order chi connectivity index (χ0) is 17.3. The third kappa shape index (κ3) is 3.17. The number of urea groups is 1. The highest BCUT2D eigenvalue weighted by Crippen LogP contribution is 2.30. The van der Waals surface area contributed by atoms with E-state index >= 15 is 0 Å². The minimum Gasteiger partial charge on any atom is -0.352 e. The number of imide groups is 1. The van der Waals surface area contributed by atoms with E-state index in [2.05, 4.69) is 26.6 Å². The monoisotopic (exact) mass is 393 g/mol. The van der Waals surface area contributed by atoms with Crippen LogP contribution in [-0.2, 0) is 15.1 Å². The van der Waals surface area contributed by atoms with Crippen LogP contribution >= 0.6 is 15.9 Å². The maximum atomic E-state index is 12.8. The first-order chi connectivity index (χ1) is 11.4. The van der Waals surface area contributed by atoms with E-state index in [0.29, 0.717) is 5.56 Å². The number of hydrogen-bond donors (Lipinski definition) is 2. The molecule has 1 aromatic carbocycles. The molecule has 2 fully saturated rings. The van der Waals surface area contributed by atoms with E-state index in [1.54, 1.807) is 25.1 Å². The normalized spacial score (nSPS) is 24.3. The summed E-state index contributed by atoms with van der Waals surface area (Å²) in [5.41, 5.74) is -0.483. The Balaban J connectivity index is 1.72. The van der Waals surface area contributed by atoms with Crippen molar-refractivity contribution in [2.75, 3.05) is 6.54 Å². The van der Waals surface area contributed by atoms with Crippen LogP contribution in [0.4, 0.5) is 4.79 Å². The van der Waals surface area contributed by atoms with Gasteiger partial charge in [0.05, 0.1) is 0 Å². The third-order valence-electron chi connectivity index (χ3n) is 4.70. The van der Waals surface area contributed by atoms with Crippen molar-refractivity contribution in [1.29, 1.82) is 0 Å². The molecule has 7 heteroatoms. The minimum atomic E-state index is -1.16. The predicted octanol–water partition coefficient (Wildman–Crippen LogP) is 2.27. The third-order valence-corrected chi connectivity index (χ3v) is 5.19. The number of carbonyl (C=O) groups excluding carboxylic acids is 3. The molecule has 1 aromatic rings. The highest BCUT2D eigenvalue weighted by molar-refractivity contribution is 9.10. The average Bonchev–Trinajstić information content (AvgIpc) is 3.11. The molecule has 1 heterocycles. The van der Waals surface area contributed by atoms with Crippen molar-refractivity contribution in [3.63, 3.8) is 0 Å². The Morgan fingerprint density at radius 1 is 1.38 bits per heavy atom. The molecule has 6 nitrogen and oxygen atoms in total. The molecule has 1 aliphatic heterocycles. The molecule has 1 saturated carbocycles. The molecule has 4 amide bonds. The molecule has 3 rings (SSSR count). The number of amides is 4. The van der Waals surface area contributed by atoms with E-state index in [9.17, 15) is 14.4 Å². The van der Waals surface area contributed by atoms with Gasteiger partial charge in [0.2, 0.25) is 5.91 Å². The van der Waals surface area contributed by atoms with Gasteiger partial charge < -0.3 is 10.6 Å². The fraction of sp³-hybridized carbons (Fsp3) is 0.471. The zero-order valence-electron chi connectivity index (χ0n) is 13.5. The zero-order valence-corrected chi connectivity index (χ0v) is 15.1. The van der Waals surface area contributed by atoms with E-state index in [0.717, 1.165) is 35.1 Å². The van der Waals surface area contributed by atoms with Crippen LogP contribution < -0.4 is 10.6 Å². The number of rotatable bonds is 4. The largest absolute Gasteiger partial charge is 0.352 e. The first-order valence-corrected chi connectivity index (χ1v) is 8.89. The van der Waals surface area contributed by atoms with Crippen LogP contribution in [0.25, 0.3) is 0 Å². The van der Waals surface area contributed by atoms with Gasteiger partial charge >= 0.3 is 6.03 Å². The Labute approximate surface area is 149 Å². The van der Waals surface area contributed by atoms with Gasteiger partial charge in [0.25, 0.3) is 5.91 Å². The van der Waals surface area contributed by atoms with E-state index in [4.69, 9.17) is 0 Å². The molecule has 24 heavy (non-hydrogen) atoms. The van der Waals surface area contributed by atoms with Crippen LogP contribution in [0.15, 0.2) is 28.7 Å². The van der Waals surface area contributed by atoms with Gasteiger partial charge in [-0.2, -0.15) is 0 Å². The molecule has 1 atom stereocenters. The lowest BCUT2D eigenvalue weighted by Crippen LogP contribution is -2.45. The van der Waals surface area contributed by atoms with E-state index in [1.807, 2.05) is 6.07 Å². The molecular weight excluding hydrogens is 374 g/mol. The van der Waals surface area contributed by atoms with Crippen LogP contribution in [0.2, 0.25) is 0 Å². The molecule has 0 bridgehead atoms. The molecule has 1 unspecified atom stereocenters. The minimum absolute atomic E-state index is 0.162. The molecule has 2 aliphatic rings. The Bertz CT molecular complexity index is 687. The lowest BCUT2D eigenvalue weighted by molar-refractivity contribution is -0.135. The topological polar surface area (TPSA) is 78.5 Å². The number of hydrogen-bond acceptors (Lipinski definition) is 3. The number of benzene rings is 1. The Kier molecular flexibility index (Phi) is 4.62. The Morgan fingerprint density at radius 3 is 2.75 bits per heavy atom. The molecular formula is C17H20BrN3O3. The van der Waals surface area contributed by atoms with Crippen molar-refractivity contribution in [3.8, 4) is 0 Å². The second kappa shape index (κ2) is 6.55. The van der Waals surface area contributed by atoms with Crippen molar-refractivity contribution in [1.82, 2.24) is 15.5 Å². The number of nitrogens with zero attached hydrogens (tertiary/aromatic N) is 1. The number of carbonyl (C=O) groups is 3. The maximum absolute atomic E-state index is 12.8. The van der Waals surface area contributed by atoms with Crippen LogP contribution in [0.1, 0.15) is 38.2 Å². The van der Waals surface area contributed by atoms with Gasteiger partial charge in [0.15, 0.2) is 0 Å². The summed E-state index contributed by atoms with van der Waals surface area (Å²) in [5, 5.41) is 5.61. The van der Waals surface area contributed by atoms with E-state index in [1.165, 1.54) is 0 Å². The van der Waals surface area contributed by atoms with Crippen LogP contribution in [-0.4, -0.2) is 35.3 Å². The SMILES string of the molecule is CC1(c2cccc(Br)c2)NC(=O)N(CC(=O)NC2CCCC2)C1=O. The predicted molar refractivity (Wildman–Crippen MR) is 92.1 cm³/mol. The maximum Gasteiger partial charge on any atom is 0.325 e. The molecule has 128 valence electrons. The average molecular weight is 394 g/mol. The summed E-state index contributed by atoms with van der Waals surface area (Å²) in [5.74, 6) is -0.698. The molecule has 1 aliphatic carbocycles. The van der Waals surface area contributed by atoms with Crippen LogP contribution in [0.5, 0.6) is 0 Å². The highest BCUT2D eigenvalue weighted by atomic mass is 79.9.